The molecule has 0 aromatic heterocycles. The summed E-state index contributed by atoms with van der Waals surface area (Å²) in [6, 6.07) is 10.5. The van der Waals surface area contributed by atoms with Gasteiger partial charge in [0.15, 0.2) is 0 Å². The van der Waals surface area contributed by atoms with Crippen LogP contribution >= 0.6 is 0 Å². The minimum atomic E-state index is -0.782. The molecule has 1 aromatic carbocycles. The molecule has 3 nitrogen and oxygen atoms in total. The summed E-state index contributed by atoms with van der Waals surface area (Å²) < 4.78 is 0. The van der Waals surface area contributed by atoms with Crippen LogP contribution in [0, 0.1) is 0 Å². The van der Waals surface area contributed by atoms with Crippen molar-refractivity contribution in [3.8, 4) is 0 Å². The van der Waals surface area contributed by atoms with Crippen LogP contribution in [0.15, 0.2) is 30.3 Å². The van der Waals surface area contributed by atoms with Gasteiger partial charge >= 0.3 is 5.97 Å². The van der Waals surface area contributed by atoms with E-state index in [1.807, 2.05) is 0 Å². The lowest BCUT2D eigenvalue weighted by atomic mass is 10.0. The van der Waals surface area contributed by atoms with E-state index in [1.54, 1.807) is 25.9 Å². The first-order chi connectivity index (χ1) is 12.5. The molecule has 3 heteroatoms. The van der Waals surface area contributed by atoms with Crippen LogP contribution in [-0.4, -0.2) is 36.1 Å². The number of benzene rings is 1. The SMILES string of the molecule is CC(C(=O)O)N(C)C.CCCCCCCCCCCCc1ccccc1. The van der Waals surface area contributed by atoms with E-state index < -0.39 is 5.97 Å². The Bertz CT molecular complexity index is 431. The number of aliphatic carboxylic acids is 1. The molecular formula is C23H41NO2. The largest absolute Gasteiger partial charge is 0.480 e. The number of likely N-dealkylation sites (N-methyl/N-ethyl adjacent to an activating group) is 1. The van der Waals surface area contributed by atoms with Gasteiger partial charge < -0.3 is 5.11 Å². The van der Waals surface area contributed by atoms with Gasteiger partial charge in [0.2, 0.25) is 0 Å². The molecule has 0 heterocycles. The molecule has 1 rings (SSSR count). The maximum absolute atomic E-state index is 10.1. The number of hydrogen-bond donors (Lipinski definition) is 1. The van der Waals surface area contributed by atoms with E-state index >= 15 is 0 Å². The molecule has 1 unspecified atom stereocenters. The molecule has 0 aliphatic carbocycles. The van der Waals surface area contributed by atoms with Crippen LogP contribution in [0.25, 0.3) is 0 Å². The Balaban J connectivity index is 0.000000660. The molecule has 0 amide bonds. The Morgan fingerprint density at radius 1 is 0.885 bits per heavy atom. The Labute approximate surface area is 161 Å². The highest BCUT2D eigenvalue weighted by molar-refractivity contribution is 5.72. The van der Waals surface area contributed by atoms with Gasteiger partial charge in [-0.1, -0.05) is 95.0 Å². The molecule has 1 N–H and O–H groups in total. The number of rotatable bonds is 13. The first-order valence-electron chi connectivity index (χ1n) is 10.4. The van der Waals surface area contributed by atoms with Crippen molar-refractivity contribution in [1.82, 2.24) is 4.90 Å². The summed E-state index contributed by atoms with van der Waals surface area (Å²) in [6.07, 6.45) is 15.5. The summed E-state index contributed by atoms with van der Waals surface area (Å²) in [4.78, 5) is 11.7. The minimum Gasteiger partial charge on any atom is -0.480 e. The number of carboxylic acids is 1. The smallest absolute Gasteiger partial charge is 0.320 e. The van der Waals surface area contributed by atoms with Crippen molar-refractivity contribution in [2.75, 3.05) is 14.1 Å². The first-order valence-corrected chi connectivity index (χ1v) is 10.4. The predicted octanol–water partition coefficient (Wildman–Crippen LogP) is 6.17. The van der Waals surface area contributed by atoms with Crippen molar-refractivity contribution in [2.45, 2.75) is 90.5 Å². The van der Waals surface area contributed by atoms with E-state index in [0.29, 0.717) is 0 Å². The average Bonchev–Trinajstić information content (AvgIpc) is 2.64. The van der Waals surface area contributed by atoms with Gasteiger partial charge in [0.25, 0.3) is 0 Å². The van der Waals surface area contributed by atoms with Crippen LogP contribution in [0.2, 0.25) is 0 Å². The fraction of sp³-hybridized carbons (Fsp3) is 0.696. The topological polar surface area (TPSA) is 40.5 Å². The molecule has 150 valence electrons. The Hall–Kier alpha value is -1.35. The molecular weight excluding hydrogens is 322 g/mol. The normalized spacial score (nSPS) is 11.7. The Morgan fingerprint density at radius 2 is 1.35 bits per heavy atom. The molecule has 0 saturated heterocycles. The van der Waals surface area contributed by atoms with Crippen molar-refractivity contribution in [3.05, 3.63) is 35.9 Å². The van der Waals surface area contributed by atoms with Crippen molar-refractivity contribution >= 4 is 5.97 Å². The molecule has 0 aliphatic rings. The number of carboxylic acid groups (broad SMARTS) is 1. The molecule has 0 radical (unpaired) electrons. The van der Waals surface area contributed by atoms with Gasteiger partial charge in [0.05, 0.1) is 0 Å². The Kier molecular flexibility index (Phi) is 16.2. The van der Waals surface area contributed by atoms with E-state index in [0.717, 1.165) is 0 Å². The lowest BCUT2D eigenvalue weighted by molar-refractivity contribution is -0.141. The summed E-state index contributed by atoms with van der Waals surface area (Å²) in [7, 11) is 3.47. The molecule has 0 aliphatic heterocycles. The van der Waals surface area contributed by atoms with E-state index in [9.17, 15) is 4.79 Å². The van der Waals surface area contributed by atoms with Crippen molar-refractivity contribution < 1.29 is 9.90 Å². The zero-order valence-corrected chi connectivity index (χ0v) is 17.5. The van der Waals surface area contributed by atoms with E-state index in [2.05, 4.69) is 37.3 Å². The monoisotopic (exact) mass is 363 g/mol. The quantitative estimate of drug-likeness (QED) is 0.426. The number of nitrogens with zero attached hydrogens (tertiary/aromatic N) is 1. The van der Waals surface area contributed by atoms with Gasteiger partial charge in [-0.15, -0.1) is 0 Å². The number of carbonyl (C=O) groups is 1. The zero-order chi connectivity index (χ0) is 19.6. The summed E-state index contributed by atoms with van der Waals surface area (Å²) in [5.74, 6) is -0.782. The molecule has 1 atom stereocenters. The van der Waals surface area contributed by atoms with Crippen molar-refractivity contribution in [2.24, 2.45) is 0 Å². The van der Waals surface area contributed by atoms with Gasteiger partial charge in [-0.05, 0) is 39.4 Å². The number of aryl methyl sites for hydroxylation is 1. The summed E-state index contributed by atoms with van der Waals surface area (Å²) in [5.41, 5.74) is 1.50. The first kappa shape index (κ1) is 24.7. The van der Waals surface area contributed by atoms with Crippen LogP contribution in [0.3, 0.4) is 0 Å². The highest BCUT2D eigenvalue weighted by atomic mass is 16.4. The molecule has 0 bridgehead atoms. The van der Waals surface area contributed by atoms with Gasteiger partial charge in [-0.3, -0.25) is 9.69 Å². The Morgan fingerprint density at radius 3 is 1.73 bits per heavy atom. The van der Waals surface area contributed by atoms with Crippen molar-refractivity contribution in [1.29, 1.82) is 0 Å². The second-order valence-corrected chi connectivity index (χ2v) is 7.40. The second kappa shape index (κ2) is 17.1. The maximum Gasteiger partial charge on any atom is 0.320 e. The maximum atomic E-state index is 10.1. The third-order valence-electron chi connectivity index (χ3n) is 4.79. The van der Waals surface area contributed by atoms with Crippen LogP contribution in [0.1, 0.15) is 83.6 Å². The van der Waals surface area contributed by atoms with Gasteiger partial charge in [0, 0.05) is 0 Å². The molecule has 0 saturated carbocycles. The number of unbranched alkanes of at least 4 members (excludes halogenated alkanes) is 9. The fourth-order valence-electron chi connectivity index (χ4n) is 2.68. The van der Waals surface area contributed by atoms with Crippen LogP contribution in [0.5, 0.6) is 0 Å². The highest BCUT2D eigenvalue weighted by Gasteiger charge is 2.11. The average molecular weight is 364 g/mol. The summed E-state index contributed by atoms with van der Waals surface area (Å²) in [5, 5.41) is 8.31. The van der Waals surface area contributed by atoms with Crippen molar-refractivity contribution in [3.63, 3.8) is 0 Å². The van der Waals surface area contributed by atoms with E-state index in [-0.39, 0.29) is 6.04 Å². The molecule has 0 fully saturated rings. The third-order valence-corrected chi connectivity index (χ3v) is 4.79. The van der Waals surface area contributed by atoms with Crippen LogP contribution in [-0.2, 0) is 11.2 Å². The highest BCUT2D eigenvalue weighted by Crippen LogP contribution is 2.12. The third kappa shape index (κ3) is 14.9. The molecule has 0 spiro atoms. The number of hydrogen-bond acceptors (Lipinski definition) is 2. The van der Waals surface area contributed by atoms with E-state index in [1.165, 1.54) is 76.2 Å². The fourth-order valence-corrected chi connectivity index (χ4v) is 2.68. The second-order valence-electron chi connectivity index (χ2n) is 7.40. The lowest BCUT2D eigenvalue weighted by Gasteiger charge is -2.13. The van der Waals surface area contributed by atoms with Crippen LogP contribution < -0.4 is 0 Å². The molecule has 1 aromatic rings. The summed E-state index contributed by atoms with van der Waals surface area (Å²) >= 11 is 0. The van der Waals surface area contributed by atoms with E-state index in [4.69, 9.17) is 5.11 Å². The predicted molar refractivity (Wildman–Crippen MR) is 113 cm³/mol. The van der Waals surface area contributed by atoms with Gasteiger partial charge in [-0.2, -0.15) is 0 Å². The lowest BCUT2D eigenvalue weighted by Crippen LogP contribution is -2.32. The van der Waals surface area contributed by atoms with Gasteiger partial charge in [0.1, 0.15) is 6.04 Å². The zero-order valence-electron chi connectivity index (χ0n) is 17.5. The molecule has 26 heavy (non-hydrogen) atoms. The van der Waals surface area contributed by atoms with Crippen LogP contribution in [0.4, 0.5) is 0 Å². The van der Waals surface area contributed by atoms with Gasteiger partial charge in [-0.25, -0.2) is 0 Å². The standard InChI is InChI=1S/C18H30.C5H11NO2/c1-2-3-4-5-6-7-8-9-10-12-15-18-16-13-11-14-17-18;1-4(5(7)8)6(2)3/h11,13-14,16-17H,2-10,12,15H2,1H3;4H,1-3H3,(H,7,8). The summed E-state index contributed by atoms with van der Waals surface area (Å²) in [6.45, 7) is 3.93. The minimum absolute atomic E-state index is 0.380.